The van der Waals surface area contributed by atoms with Crippen LogP contribution in [0.2, 0.25) is 0 Å². The Morgan fingerprint density at radius 3 is 2.63 bits per heavy atom. The number of morpholine rings is 1. The number of aromatic nitrogens is 1. The van der Waals surface area contributed by atoms with Crippen LogP contribution in [0, 0.1) is 5.92 Å². The van der Waals surface area contributed by atoms with Gasteiger partial charge in [-0.15, -0.1) is 0 Å². The lowest BCUT2D eigenvalue weighted by molar-refractivity contribution is -0.170. The first-order valence-corrected chi connectivity index (χ1v) is 9.04. The van der Waals surface area contributed by atoms with Crippen LogP contribution >= 0.6 is 0 Å². The maximum absolute atomic E-state index is 13.2. The predicted molar refractivity (Wildman–Crippen MR) is 96.3 cm³/mol. The monoisotopic (exact) mass is 386 g/mol. The highest BCUT2D eigenvalue weighted by Gasteiger charge is 2.42. The molecule has 2 aliphatic rings. The lowest BCUT2D eigenvalue weighted by Gasteiger charge is -2.32. The van der Waals surface area contributed by atoms with Gasteiger partial charge in [0, 0.05) is 25.2 Å². The van der Waals surface area contributed by atoms with Gasteiger partial charge >= 0.3 is 6.18 Å². The maximum Gasteiger partial charge on any atom is 0.393 e. The van der Waals surface area contributed by atoms with Crippen molar-refractivity contribution in [3.63, 3.8) is 0 Å². The quantitative estimate of drug-likeness (QED) is 0.694. The van der Waals surface area contributed by atoms with Crippen LogP contribution < -0.4 is 16.0 Å². The molecule has 0 bridgehead atoms. The number of carbonyl (C=O) groups is 1. The van der Waals surface area contributed by atoms with Gasteiger partial charge in [-0.3, -0.25) is 4.79 Å². The molecule has 6 nitrogen and oxygen atoms in total. The number of halogens is 3. The molecule has 150 valence electrons. The molecule has 0 spiro atoms. The van der Waals surface area contributed by atoms with E-state index in [9.17, 15) is 18.0 Å². The summed E-state index contributed by atoms with van der Waals surface area (Å²) < 4.78 is 45.1. The highest BCUT2D eigenvalue weighted by atomic mass is 19.4. The average molecular weight is 386 g/mol. The second kappa shape index (κ2) is 7.27. The summed E-state index contributed by atoms with van der Waals surface area (Å²) in [6, 6.07) is 1.47. The molecule has 1 saturated heterocycles. The number of pyridine rings is 1. The molecule has 1 aromatic heterocycles. The van der Waals surface area contributed by atoms with E-state index < -0.39 is 18.2 Å². The predicted octanol–water partition coefficient (Wildman–Crippen LogP) is 2.61. The average Bonchev–Trinajstić information content (AvgIpc) is 2.59. The topological polar surface area (TPSA) is 75.3 Å². The standard InChI is InChI=1S/C18H25F3N4O2/c1-17(2,3)25-16-14-10(6-11(8-23-14)18(19,20)21)7-12(24-16)15(26)13-9-22-4-5-27-13/h7,11,13,22-23H,4-6,8-9H2,1-3H3,(H,24,25). The molecule has 0 aromatic carbocycles. The molecule has 0 amide bonds. The van der Waals surface area contributed by atoms with Crippen LogP contribution in [0.5, 0.6) is 0 Å². The molecule has 9 heteroatoms. The molecule has 1 fully saturated rings. The molecule has 0 aliphatic carbocycles. The van der Waals surface area contributed by atoms with Gasteiger partial charge in [-0.1, -0.05) is 0 Å². The number of nitrogens with zero attached hydrogens (tertiary/aromatic N) is 1. The molecule has 3 N–H and O–H groups in total. The van der Waals surface area contributed by atoms with Crippen LogP contribution in [-0.2, 0) is 11.2 Å². The smallest absolute Gasteiger partial charge is 0.381 e. The SMILES string of the molecule is CC(C)(C)Nc1nc(C(=O)C2CNCCO2)cc2c1NCC(C(F)(F)F)C2. The molecule has 0 saturated carbocycles. The van der Waals surface area contributed by atoms with E-state index in [2.05, 4.69) is 20.9 Å². The number of rotatable bonds is 3. The summed E-state index contributed by atoms with van der Waals surface area (Å²) in [5, 5.41) is 9.13. The Bertz CT molecular complexity index is 710. The fraction of sp³-hybridized carbons (Fsp3) is 0.667. The maximum atomic E-state index is 13.2. The largest absolute Gasteiger partial charge is 0.393 e. The lowest BCUT2D eigenvalue weighted by atomic mass is 9.92. The number of hydrogen-bond acceptors (Lipinski definition) is 6. The van der Waals surface area contributed by atoms with Crippen molar-refractivity contribution in [3.8, 4) is 0 Å². The highest BCUT2D eigenvalue weighted by Crippen LogP contribution is 2.38. The molecule has 1 aromatic rings. The number of alkyl halides is 3. The Hall–Kier alpha value is -1.87. The van der Waals surface area contributed by atoms with Crippen molar-refractivity contribution in [2.45, 2.75) is 45.0 Å². The van der Waals surface area contributed by atoms with Crippen molar-refractivity contribution in [1.82, 2.24) is 10.3 Å². The van der Waals surface area contributed by atoms with Crippen LogP contribution in [0.25, 0.3) is 0 Å². The van der Waals surface area contributed by atoms with Gasteiger partial charge in [-0.2, -0.15) is 13.2 Å². The number of fused-ring (bicyclic) bond motifs is 1. The third-order valence-corrected chi connectivity index (χ3v) is 4.52. The van der Waals surface area contributed by atoms with Crippen LogP contribution in [0.3, 0.4) is 0 Å². The van der Waals surface area contributed by atoms with E-state index in [4.69, 9.17) is 4.74 Å². The molecule has 3 heterocycles. The summed E-state index contributed by atoms with van der Waals surface area (Å²) >= 11 is 0. The van der Waals surface area contributed by atoms with Gasteiger partial charge < -0.3 is 20.7 Å². The van der Waals surface area contributed by atoms with Gasteiger partial charge in [0.05, 0.1) is 18.2 Å². The van der Waals surface area contributed by atoms with E-state index in [1.807, 2.05) is 20.8 Å². The summed E-state index contributed by atoms with van der Waals surface area (Å²) in [5.74, 6) is -1.42. The third kappa shape index (κ3) is 4.70. The van der Waals surface area contributed by atoms with Gasteiger partial charge in [0.1, 0.15) is 11.8 Å². The van der Waals surface area contributed by atoms with E-state index in [1.165, 1.54) is 6.07 Å². The summed E-state index contributed by atoms with van der Waals surface area (Å²) in [4.78, 5) is 17.2. The number of anilines is 2. The number of Topliss-reactive ketones (excluding diaryl/α,β-unsaturated/α-hetero) is 1. The van der Waals surface area contributed by atoms with Gasteiger partial charge in [0.25, 0.3) is 0 Å². The van der Waals surface area contributed by atoms with Crippen molar-refractivity contribution in [2.24, 2.45) is 5.92 Å². The van der Waals surface area contributed by atoms with Crippen LogP contribution in [-0.4, -0.2) is 54.8 Å². The van der Waals surface area contributed by atoms with Crippen LogP contribution in [0.1, 0.15) is 36.8 Å². The zero-order valence-electron chi connectivity index (χ0n) is 15.7. The second-order valence-electron chi connectivity index (χ2n) is 8.02. The van der Waals surface area contributed by atoms with Crippen molar-refractivity contribution in [3.05, 3.63) is 17.3 Å². The van der Waals surface area contributed by atoms with E-state index >= 15 is 0 Å². The van der Waals surface area contributed by atoms with E-state index in [0.717, 1.165) is 0 Å². The third-order valence-electron chi connectivity index (χ3n) is 4.52. The van der Waals surface area contributed by atoms with E-state index in [-0.39, 0.29) is 30.0 Å². The number of ether oxygens (including phenoxy) is 1. The van der Waals surface area contributed by atoms with Crippen molar-refractivity contribution >= 4 is 17.3 Å². The zero-order chi connectivity index (χ0) is 19.8. The fourth-order valence-electron chi connectivity index (χ4n) is 3.22. The number of nitrogens with one attached hydrogen (secondary N) is 3. The number of ketones is 1. The Balaban J connectivity index is 1.97. The van der Waals surface area contributed by atoms with Crippen molar-refractivity contribution in [2.75, 3.05) is 36.9 Å². The van der Waals surface area contributed by atoms with Gasteiger partial charge in [-0.05, 0) is 38.8 Å². The van der Waals surface area contributed by atoms with E-state index in [1.54, 1.807) is 0 Å². The minimum atomic E-state index is -4.30. The normalized spacial score (nSPS) is 23.3. The molecule has 27 heavy (non-hydrogen) atoms. The van der Waals surface area contributed by atoms with E-state index in [0.29, 0.717) is 36.8 Å². The second-order valence-corrected chi connectivity index (χ2v) is 8.02. The summed E-state index contributed by atoms with van der Waals surface area (Å²) in [7, 11) is 0. The Morgan fingerprint density at radius 2 is 2.04 bits per heavy atom. The molecular weight excluding hydrogens is 361 g/mol. The van der Waals surface area contributed by atoms with Crippen molar-refractivity contribution in [1.29, 1.82) is 0 Å². The number of hydrogen-bond donors (Lipinski definition) is 3. The lowest BCUT2D eigenvalue weighted by Crippen LogP contribution is -2.43. The molecule has 2 aliphatic heterocycles. The highest BCUT2D eigenvalue weighted by molar-refractivity contribution is 5.99. The summed E-state index contributed by atoms with van der Waals surface area (Å²) in [6.07, 6.45) is -5.16. The molecule has 3 rings (SSSR count). The van der Waals surface area contributed by atoms with Crippen molar-refractivity contribution < 1.29 is 22.7 Å². The molecule has 2 unspecified atom stereocenters. The minimum absolute atomic E-state index is 0.124. The van der Waals surface area contributed by atoms with Gasteiger partial charge in [-0.25, -0.2) is 4.98 Å². The first-order chi connectivity index (χ1) is 12.5. The first-order valence-electron chi connectivity index (χ1n) is 9.04. The Labute approximate surface area is 156 Å². The number of carbonyl (C=O) groups excluding carboxylic acids is 1. The zero-order valence-corrected chi connectivity index (χ0v) is 15.7. The first kappa shape index (κ1) is 19.9. The minimum Gasteiger partial charge on any atom is -0.381 e. The summed E-state index contributed by atoms with van der Waals surface area (Å²) in [5.41, 5.74) is 0.731. The molecule has 0 radical (unpaired) electrons. The molecule has 2 atom stereocenters. The van der Waals surface area contributed by atoms with Crippen LogP contribution in [0.15, 0.2) is 6.07 Å². The summed E-state index contributed by atoms with van der Waals surface area (Å²) in [6.45, 7) is 6.99. The Kier molecular flexibility index (Phi) is 5.36. The van der Waals surface area contributed by atoms with Crippen LogP contribution in [0.4, 0.5) is 24.7 Å². The Morgan fingerprint density at radius 1 is 1.30 bits per heavy atom. The van der Waals surface area contributed by atoms with Gasteiger partial charge in [0.15, 0.2) is 5.82 Å². The van der Waals surface area contributed by atoms with Gasteiger partial charge in [0.2, 0.25) is 5.78 Å². The fourth-order valence-corrected chi connectivity index (χ4v) is 3.22. The molecular formula is C18H25F3N4O2.